The number of fused-ring (bicyclic) bond motifs is 5. The Balaban J connectivity index is 1.63. The number of nitro groups is 1. The number of non-ortho nitro benzene ring substituents is 1. The minimum atomic E-state index is -0.423. The van der Waals surface area contributed by atoms with Crippen molar-refractivity contribution in [2.45, 2.75) is 18.8 Å². The molecule has 6 heteroatoms. The van der Waals surface area contributed by atoms with Gasteiger partial charge in [0.05, 0.1) is 16.8 Å². The zero-order valence-corrected chi connectivity index (χ0v) is 11.1. The first kappa shape index (κ1) is 12.5. The van der Waals surface area contributed by atoms with Crippen molar-refractivity contribution in [3.63, 3.8) is 0 Å². The Morgan fingerprint density at radius 3 is 2.38 bits per heavy atom. The Kier molecular flexibility index (Phi) is 2.46. The molecule has 0 unspecified atom stereocenters. The van der Waals surface area contributed by atoms with E-state index in [1.165, 1.54) is 12.1 Å². The average molecular weight is 287 g/mol. The van der Waals surface area contributed by atoms with E-state index in [9.17, 15) is 19.7 Å². The Bertz CT molecular complexity index is 653. The average Bonchev–Trinajstić information content (AvgIpc) is 3.12. The number of rotatable bonds is 2. The molecule has 0 aromatic heterocycles. The van der Waals surface area contributed by atoms with Gasteiger partial charge in [0.15, 0.2) is 0 Å². The van der Waals surface area contributed by atoms with Crippen LogP contribution in [0.1, 0.15) is 24.3 Å². The molecule has 0 spiro atoms. The summed E-state index contributed by atoms with van der Waals surface area (Å²) in [5.74, 6) is -0.785. The Morgan fingerprint density at radius 1 is 1.05 bits per heavy atom. The predicted molar refractivity (Wildman–Crippen MR) is 70.1 cm³/mol. The molecule has 1 aromatic rings. The van der Waals surface area contributed by atoms with E-state index in [0.29, 0.717) is 0 Å². The largest absolute Gasteiger partial charge is 0.393 e. The van der Waals surface area contributed by atoms with Crippen LogP contribution in [0, 0.1) is 33.8 Å². The lowest BCUT2D eigenvalue weighted by molar-refractivity contribution is -0.384. The highest BCUT2D eigenvalue weighted by Gasteiger charge is 2.63. The van der Waals surface area contributed by atoms with Gasteiger partial charge in [-0.25, -0.2) is 0 Å². The van der Waals surface area contributed by atoms with E-state index in [1.54, 1.807) is 12.1 Å². The van der Waals surface area contributed by atoms with E-state index in [0.717, 1.165) is 18.4 Å². The SMILES string of the molecule is O=C1OC(=O)[C@@H]2[C@H]3C[C@@H](C[C@H]3c3ccc([N+](=O)[O-])cc3)[C@@H]12. The van der Waals surface area contributed by atoms with Gasteiger partial charge in [-0.3, -0.25) is 19.7 Å². The summed E-state index contributed by atoms with van der Waals surface area (Å²) in [5.41, 5.74) is 1.08. The van der Waals surface area contributed by atoms with Crippen LogP contribution < -0.4 is 0 Å². The third-order valence-electron chi connectivity index (χ3n) is 5.28. The molecule has 3 aliphatic rings. The van der Waals surface area contributed by atoms with Gasteiger partial charge in [0, 0.05) is 12.1 Å². The quantitative estimate of drug-likeness (QED) is 0.359. The van der Waals surface area contributed by atoms with Crippen molar-refractivity contribution in [2.24, 2.45) is 23.7 Å². The van der Waals surface area contributed by atoms with Crippen LogP contribution in [0.4, 0.5) is 5.69 Å². The summed E-state index contributed by atoms with van der Waals surface area (Å²) >= 11 is 0. The normalized spacial score (nSPS) is 36.7. The molecule has 1 aliphatic heterocycles. The highest BCUT2D eigenvalue weighted by atomic mass is 16.6. The number of carbonyl (C=O) groups is 2. The number of esters is 2. The van der Waals surface area contributed by atoms with E-state index in [2.05, 4.69) is 0 Å². The second kappa shape index (κ2) is 4.13. The predicted octanol–water partition coefficient (Wildman–Crippen LogP) is 2.03. The molecule has 1 heterocycles. The summed E-state index contributed by atoms with van der Waals surface area (Å²) in [7, 11) is 0. The van der Waals surface area contributed by atoms with Crippen LogP contribution in [-0.4, -0.2) is 16.9 Å². The van der Waals surface area contributed by atoms with E-state index in [1.807, 2.05) is 0 Å². The van der Waals surface area contributed by atoms with Gasteiger partial charge in [0.2, 0.25) is 0 Å². The van der Waals surface area contributed by atoms with Crippen LogP contribution in [0.25, 0.3) is 0 Å². The number of hydrogen-bond acceptors (Lipinski definition) is 5. The van der Waals surface area contributed by atoms with Crippen LogP contribution in [0.2, 0.25) is 0 Å². The molecule has 6 nitrogen and oxygen atoms in total. The fourth-order valence-electron chi connectivity index (χ4n) is 4.48. The van der Waals surface area contributed by atoms with Crippen molar-refractivity contribution in [3.8, 4) is 0 Å². The van der Waals surface area contributed by atoms with Gasteiger partial charge in [0.25, 0.3) is 5.69 Å². The van der Waals surface area contributed by atoms with E-state index in [4.69, 9.17) is 4.74 Å². The first-order valence-electron chi connectivity index (χ1n) is 7.06. The molecule has 3 fully saturated rings. The van der Waals surface area contributed by atoms with Crippen molar-refractivity contribution in [1.82, 2.24) is 0 Å². The zero-order chi connectivity index (χ0) is 14.7. The first-order valence-corrected chi connectivity index (χ1v) is 7.06. The molecule has 5 atom stereocenters. The summed E-state index contributed by atoms with van der Waals surface area (Å²) in [6.07, 6.45) is 1.73. The first-order chi connectivity index (χ1) is 10.1. The van der Waals surface area contributed by atoms with Crippen molar-refractivity contribution in [3.05, 3.63) is 39.9 Å². The minimum absolute atomic E-state index is 0.0650. The summed E-state index contributed by atoms with van der Waals surface area (Å²) in [4.78, 5) is 33.8. The third kappa shape index (κ3) is 1.65. The number of ether oxygens (including phenoxy) is 1. The van der Waals surface area contributed by atoms with Crippen LogP contribution in [0.3, 0.4) is 0 Å². The monoisotopic (exact) mass is 287 g/mol. The lowest BCUT2D eigenvalue weighted by atomic mass is 9.73. The van der Waals surface area contributed by atoms with Crippen molar-refractivity contribution in [2.75, 3.05) is 0 Å². The topological polar surface area (TPSA) is 86.5 Å². The summed E-state index contributed by atoms with van der Waals surface area (Å²) in [6.45, 7) is 0. The Morgan fingerprint density at radius 2 is 1.71 bits per heavy atom. The van der Waals surface area contributed by atoms with Crippen molar-refractivity contribution >= 4 is 17.6 Å². The van der Waals surface area contributed by atoms with Crippen LogP contribution in [0.15, 0.2) is 24.3 Å². The number of nitrogens with zero attached hydrogens (tertiary/aromatic N) is 1. The maximum atomic E-state index is 11.8. The smallest absolute Gasteiger partial charge is 0.317 e. The van der Waals surface area contributed by atoms with Gasteiger partial charge in [-0.2, -0.15) is 0 Å². The Hall–Kier alpha value is -2.24. The van der Waals surface area contributed by atoms with Gasteiger partial charge in [0.1, 0.15) is 0 Å². The van der Waals surface area contributed by atoms with Crippen LogP contribution in [0.5, 0.6) is 0 Å². The third-order valence-corrected chi connectivity index (χ3v) is 5.28. The van der Waals surface area contributed by atoms with Gasteiger partial charge in [-0.15, -0.1) is 0 Å². The highest BCUT2D eigenvalue weighted by molar-refractivity contribution is 5.97. The molecule has 2 bridgehead atoms. The molecular weight excluding hydrogens is 274 g/mol. The van der Waals surface area contributed by atoms with Gasteiger partial charge >= 0.3 is 11.9 Å². The van der Waals surface area contributed by atoms with Gasteiger partial charge < -0.3 is 4.74 Å². The van der Waals surface area contributed by atoms with Crippen molar-refractivity contribution < 1.29 is 19.2 Å². The molecule has 1 aromatic carbocycles. The number of nitro benzene ring substituents is 1. The second-order valence-corrected chi connectivity index (χ2v) is 6.14. The number of cyclic esters (lactones) is 2. The van der Waals surface area contributed by atoms with Crippen molar-refractivity contribution in [1.29, 1.82) is 0 Å². The maximum Gasteiger partial charge on any atom is 0.317 e. The minimum Gasteiger partial charge on any atom is -0.393 e. The molecule has 2 saturated carbocycles. The van der Waals surface area contributed by atoms with Crippen LogP contribution in [-0.2, 0) is 14.3 Å². The zero-order valence-electron chi connectivity index (χ0n) is 11.1. The molecule has 0 amide bonds. The summed E-state index contributed by atoms with van der Waals surface area (Å²) in [5, 5.41) is 10.7. The molecule has 2 aliphatic carbocycles. The fourth-order valence-corrected chi connectivity index (χ4v) is 4.48. The number of hydrogen-bond donors (Lipinski definition) is 0. The molecule has 108 valence electrons. The molecule has 4 rings (SSSR count). The molecule has 1 saturated heterocycles. The molecule has 0 radical (unpaired) electrons. The number of carbonyl (C=O) groups excluding carboxylic acids is 2. The van der Waals surface area contributed by atoms with Gasteiger partial charge in [-0.1, -0.05) is 12.1 Å². The lowest BCUT2D eigenvalue weighted by Crippen LogP contribution is -2.29. The molecular formula is C15H13NO5. The van der Waals surface area contributed by atoms with E-state index >= 15 is 0 Å². The fraction of sp³-hybridized carbons (Fsp3) is 0.467. The van der Waals surface area contributed by atoms with Crippen LogP contribution >= 0.6 is 0 Å². The lowest BCUT2D eigenvalue weighted by Gasteiger charge is -2.27. The van der Waals surface area contributed by atoms with E-state index in [-0.39, 0.29) is 47.2 Å². The molecule has 21 heavy (non-hydrogen) atoms. The van der Waals surface area contributed by atoms with E-state index < -0.39 is 4.92 Å². The highest BCUT2D eigenvalue weighted by Crippen LogP contribution is 2.61. The summed E-state index contributed by atoms with van der Waals surface area (Å²) in [6, 6.07) is 6.52. The maximum absolute atomic E-state index is 11.8. The Labute approximate surface area is 120 Å². The number of benzene rings is 1. The molecule has 0 N–H and O–H groups in total. The second-order valence-electron chi connectivity index (χ2n) is 6.14. The standard InChI is InChI=1S/C15H13NO5/c17-14-12-8-5-10(11(6-8)13(12)15(18)21-14)7-1-3-9(4-2-7)16(19)20/h1-4,8,10-13H,5-6H2/t8-,10+,11+,12-,13-/m1/s1. The van der Waals surface area contributed by atoms with Gasteiger partial charge in [-0.05, 0) is 36.2 Å². The summed E-state index contributed by atoms with van der Waals surface area (Å²) < 4.78 is 4.78.